The van der Waals surface area contributed by atoms with Crippen LogP contribution in [0.25, 0.3) is 0 Å². The van der Waals surface area contributed by atoms with Crippen molar-refractivity contribution in [1.29, 1.82) is 0 Å². The summed E-state index contributed by atoms with van der Waals surface area (Å²) in [6, 6.07) is 5.42. The van der Waals surface area contributed by atoms with Crippen LogP contribution in [0, 0.1) is 0 Å². The van der Waals surface area contributed by atoms with E-state index in [2.05, 4.69) is 17.0 Å². The molecular formula is C17H29ClN2O3S. The fourth-order valence-corrected chi connectivity index (χ4v) is 4.41. The molecule has 0 aromatic heterocycles. The van der Waals surface area contributed by atoms with Gasteiger partial charge in [-0.2, -0.15) is 0 Å². The number of hydrogen-bond acceptors (Lipinski definition) is 4. The largest absolute Gasteiger partial charge is 0.383 e. The van der Waals surface area contributed by atoms with E-state index >= 15 is 0 Å². The number of methoxy groups -OCH3 is 1. The summed E-state index contributed by atoms with van der Waals surface area (Å²) < 4.78 is 33.3. The topological polar surface area (TPSA) is 67.4 Å². The van der Waals surface area contributed by atoms with Gasteiger partial charge in [-0.25, -0.2) is 13.1 Å². The first-order valence-electron chi connectivity index (χ1n) is 8.32. The van der Waals surface area contributed by atoms with E-state index < -0.39 is 10.0 Å². The molecule has 1 aromatic rings. The van der Waals surface area contributed by atoms with Gasteiger partial charge in [-0.15, -0.1) is 12.4 Å². The van der Waals surface area contributed by atoms with Crippen LogP contribution in [-0.2, 0) is 27.6 Å². The third-order valence-electron chi connectivity index (χ3n) is 4.60. The number of rotatable bonds is 8. The number of hydrogen-bond donors (Lipinski definition) is 2. The van der Waals surface area contributed by atoms with Crippen molar-refractivity contribution < 1.29 is 13.2 Å². The van der Waals surface area contributed by atoms with Crippen LogP contribution in [0.1, 0.15) is 37.8 Å². The number of nitrogens with one attached hydrogen (secondary N) is 2. The smallest absolute Gasteiger partial charge is 0.240 e. The molecule has 24 heavy (non-hydrogen) atoms. The van der Waals surface area contributed by atoms with Crippen LogP contribution in [0.3, 0.4) is 0 Å². The fraction of sp³-hybridized carbons (Fsp3) is 0.647. The Hall–Kier alpha value is -0.660. The van der Waals surface area contributed by atoms with Gasteiger partial charge in [-0.1, -0.05) is 19.9 Å². The lowest BCUT2D eigenvalue weighted by Crippen LogP contribution is -2.52. The fourth-order valence-electron chi connectivity index (χ4n) is 3.23. The van der Waals surface area contributed by atoms with Crippen LogP contribution in [0.2, 0.25) is 0 Å². The lowest BCUT2D eigenvalue weighted by molar-refractivity contribution is 0.122. The third-order valence-corrected chi connectivity index (χ3v) is 6.00. The Morgan fingerprint density at radius 1 is 1.25 bits per heavy atom. The maximum atomic E-state index is 12.6. The Balaban J connectivity index is 0.00000288. The molecule has 1 aliphatic heterocycles. The minimum absolute atomic E-state index is 0. The first kappa shape index (κ1) is 21.4. The number of aryl methyl sites for hydroxylation is 2. The second kappa shape index (κ2) is 9.15. The van der Waals surface area contributed by atoms with Gasteiger partial charge >= 0.3 is 0 Å². The van der Waals surface area contributed by atoms with E-state index in [4.69, 9.17) is 4.74 Å². The summed E-state index contributed by atoms with van der Waals surface area (Å²) in [4.78, 5) is 0.345. The molecule has 5 nitrogen and oxygen atoms in total. The lowest BCUT2D eigenvalue weighted by atomic mass is 9.99. The molecule has 0 bridgehead atoms. The van der Waals surface area contributed by atoms with Gasteiger partial charge in [0.1, 0.15) is 0 Å². The van der Waals surface area contributed by atoms with E-state index in [1.807, 2.05) is 13.0 Å². The van der Waals surface area contributed by atoms with E-state index in [9.17, 15) is 8.42 Å². The average molecular weight is 377 g/mol. The standard InChI is InChI=1S/C17H28N2O3S.ClH/c1-4-14-7-8-16(11-15(14)5-2)23(20,21)19-12-17(13-22-3)9-6-10-18-17;/h7-8,11,18-19H,4-6,9-10,12-13H2,1-3H3;1H. The van der Waals surface area contributed by atoms with Gasteiger partial charge in [0, 0.05) is 13.7 Å². The first-order chi connectivity index (χ1) is 11.0. The van der Waals surface area contributed by atoms with Gasteiger partial charge in [-0.05, 0) is 55.5 Å². The van der Waals surface area contributed by atoms with E-state index in [1.165, 1.54) is 5.56 Å². The van der Waals surface area contributed by atoms with Gasteiger partial charge in [0.05, 0.1) is 17.0 Å². The zero-order valence-electron chi connectivity index (χ0n) is 14.7. The molecule has 0 aliphatic carbocycles. The van der Waals surface area contributed by atoms with E-state index in [-0.39, 0.29) is 17.9 Å². The monoisotopic (exact) mass is 376 g/mol. The Kier molecular flexibility index (Phi) is 8.15. The second-order valence-electron chi connectivity index (χ2n) is 6.21. The third kappa shape index (κ3) is 4.92. The van der Waals surface area contributed by atoms with E-state index in [0.717, 1.165) is 37.8 Å². The highest BCUT2D eigenvalue weighted by Crippen LogP contribution is 2.21. The number of halogens is 1. The van der Waals surface area contributed by atoms with Gasteiger partial charge in [-0.3, -0.25) is 0 Å². The minimum atomic E-state index is -3.51. The Labute approximate surface area is 152 Å². The van der Waals surface area contributed by atoms with Crippen molar-refractivity contribution in [3.63, 3.8) is 0 Å². The van der Waals surface area contributed by atoms with Crippen LogP contribution >= 0.6 is 12.4 Å². The molecule has 1 unspecified atom stereocenters. The molecule has 1 heterocycles. The van der Waals surface area contributed by atoms with Crippen molar-refractivity contribution in [3.8, 4) is 0 Å². The Morgan fingerprint density at radius 3 is 2.50 bits per heavy atom. The predicted octanol–water partition coefficient (Wildman–Crippen LogP) is 2.28. The molecular weight excluding hydrogens is 348 g/mol. The molecule has 0 saturated carbocycles. The predicted molar refractivity (Wildman–Crippen MR) is 99.5 cm³/mol. The maximum absolute atomic E-state index is 12.6. The molecule has 0 amide bonds. The molecule has 2 N–H and O–H groups in total. The SMILES string of the molecule is CCc1ccc(S(=O)(=O)NCC2(COC)CCCN2)cc1CC.Cl. The van der Waals surface area contributed by atoms with Crippen molar-refractivity contribution in [2.24, 2.45) is 0 Å². The summed E-state index contributed by atoms with van der Waals surface area (Å²) in [5, 5.41) is 3.38. The zero-order valence-corrected chi connectivity index (χ0v) is 16.4. The summed E-state index contributed by atoms with van der Waals surface area (Å²) in [6.45, 7) is 5.89. The van der Waals surface area contributed by atoms with Gasteiger partial charge < -0.3 is 10.1 Å². The van der Waals surface area contributed by atoms with Crippen LogP contribution in [0.5, 0.6) is 0 Å². The molecule has 1 atom stereocenters. The molecule has 1 fully saturated rings. The highest BCUT2D eigenvalue weighted by Gasteiger charge is 2.34. The van der Waals surface area contributed by atoms with Crippen molar-refractivity contribution in [3.05, 3.63) is 29.3 Å². The zero-order chi connectivity index (χ0) is 16.9. The lowest BCUT2D eigenvalue weighted by Gasteiger charge is -2.28. The minimum Gasteiger partial charge on any atom is -0.383 e. The van der Waals surface area contributed by atoms with Gasteiger partial charge in [0.15, 0.2) is 0 Å². The second-order valence-corrected chi connectivity index (χ2v) is 7.97. The van der Waals surface area contributed by atoms with Crippen LogP contribution in [0.4, 0.5) is 0 Å². The first-order valence-corrected chi connectivity index (χ1v) is 9.80. The van der Waals surface area contributed by atoms with Crippen LogP contribution in [-0.4, -0.2) is 40.8 Å². The number of sulfonamides is 1. The van der Waals surface area contributed by atoms with Crippen molar-refractivity contribution >= 4 is 22.4 Å². The summed E-state index contributed by atoms with van der Waals surface area (Å²) in [7, 11) is -1.86. The maximum Gasteiger partial charge on any atom is 0.240 e. The normalized spacial score (nSPS) is 20.8. The van der Waals surface area contributed by atoms with Crippen molar-refractivity contribution in [2.75, 3.05) is 26.8 Å². The molecule has 1 aliphatic rings. The summed E-state index contributed by atoms with van der Waals surface area (Å²) >= 11 is 0. The molecule has 1 aromatic carbocycles. The van der Waals surface area contributed by atoms with E-state index in [1.54, 1.807) is 19.2 Å². The molecule has 0 radical (unpaired) electrons. The Bertz CT molecular complexity index is 629. The summed E-state index contributed by atoms with van der Waals surface area (Å²) in [6.07, 6.45) is 3.70. The summed E-state index contributed by atoms with van der Waals surface area (Å²) in [5.41, 5.74) is 2.01. The average Bonchev–Trinajstić information content (AvgIpc) is 3.02. The molecule has 1 saturated heterocycles. The van der Waals surface area contributed by atoms with Crippen LogP contribution < -0.4 is 10.0 Å². The van der Waals surface area contributed by atoms with Crippen molar-refractivity contribution in [1.82, 2.24) is 10.0 Å². The molecule has 7 heteroatoms. The highest BCUT2D eigenvalue weighted by molar-refractivity contribution is 7.89. The van der Waals surface area contributed by atoms with E-state index in [0.29, 0.717) is 18.0 Å². The van der Waals surface area contributed by atoms with Crippen LogP contribution in [0.15, 0.2) is 23.1 Å². The van der Waals surface area contributed by atoms with Gasteiger partial charge in [0.25, 0.3) is 0 Å². The van der Waals surface area contributed by atoms with Crippen molar-refractivity contribution in [2.45, 2.75) is 50.0 Å². The van der Waals surface area contributed by atoms with Gasteiger partial charge in [0.2, 0.25) is 10.0 Å². The number of ether oxygens (including phenoxy) is 1. The highest BCUT2D eigenvalue weighted by atomic mass is 35.5. The summed E-state index contributed by atoms with van der Waals surface area (Å²) in [5.74, 6) is 0. The number of benzene rings is 1. The Morgan fingerprint density at radius 2 is 1.96 bits per heavy atom. The molecule has 138 valence electrons. The quantitative estimate of drug-likeness (QED) is 0.730. The molecule has 0 spiro atoms. The molecule has 2 rings (SSSR count).